The molecule has 8 aromatic rings. The minimum absolute atomic E-state index is 0.0147. The van der Waals surface area contributed by atoms with E-state index in [0.29, 0.717) is 71.7 Å². The van der Waals surface area contributed by atoms with Crippen LogP contribution >= 0.6 is 45.9 Å². The third-order valence-electron chi connectivity index (χ3n) is 20.4. The molecule has 490 valence electrons. The first kappa shape index (κ1) is 61.7. The number of nitrogen functional groups attached to an aromatic ring is 1. The molecule has 0 amide bonds. The fourth-order valence-electron chi connectivity index (χ4n) is 16.0. The molecule has 4 aromatic carbocycles. The van der Waals surface area contributed by atoms with Crippen molar-refractivity contribution in [1.82, 2.24) is 34.6 Å². The molecule has 94 heavy (non-hydrogen) atoms. The van der Waals surface area contributed by atoms with E-state index in [1.807, 2.05) is 19.0 Å². The number of hydrogen-bond acceptors (Lipinski definition) is 21. The number of alkyl halides is 2. The van der Waals surface area contributed by atoms with E-state index in [4.69, 9.17) is 72.3 Å². The van der Waals surface area contributed by atoms with Gasteiger partial charge >= 0.3 is 12.0 Å². The highest BCUT2D eigenvalue weighted by Gasteiger charge is 2.55. The summed E-state index contributed by atoms with van der Waals surface area (Å²) in [6.07, 6.45) is 0.281. The average Bonchev–Trinajstić information content (AvgIpc) is 0.846. The van der Waals surface area contributed by atoms with Crippen molar-refractivity contribution in [3.05, 3.63) is 68.7 Å². The molecule has 0 spiro atoms. The zero-order chi connectivity index (χ0) is 64.8. The highest BCUT2D eigenvalue weighted by molar-refractivity contribution is 7.23. The third-order valence-corrected chi connectivity index (χ3v) is 23.3. The second-order valence-electron chi connectivity index (χ2n) is 26.2. The zero-order valence-electron chi connectivity index (χ0n) is 50.8. The van der Waals surface area contributed by atoms with Crippen molar-refractivity contribution < 1.29 is 54.8 Å². The molecule has 0 aliphatic carbocycles. The van der Waals surface area contributed by atoms with Gasteiger partial charge in [0.1, 0.15) is 82.0 Å². The summed E-state index contributed by atoms with van der Waals surface area (Å²) >= 11 is 16.5. The summed E-state index contributed by atoms with van der Waals surface area (Å²) in [5.41, 5.74) is 3.91. The van der Waals surface area contributed by atoms with Gasteiger partial charge in [0.05, 0.1) is 110 Å². The van der Waals surface area contributed by atoms with Crippen LogP contribution in [-0.2, 0) is 9.47 Å². The van der Waals surface area contributed by atoms with E-state index >= 15 is 22.0 Å². The molecule has 4 N–H and O–H groups in total. The maximum Gasteiger partial charge on any atom is 0.319 e. The number of nitrogens with two attached hydrogens (primary N) is 1. The van der Waals surface area contributed by atoms with Gasteiger partial charge in [0.2, 0.25) is 0 Å². The maximum absolute atomic E-state index is 18.2. The summed E-state index contributed by atoms with van der Waals surface area (Å²) in [6.45, 7) is 3.60. The summed E-state index contributed by atoms with van der Waals surface area (Å²) in [5.74, 6) is -2.95. The van der Waals surface area contributed by atoms with E-state index in [2.05, 4.69) is 42.5 Å². The standard InChI is InChI=1S/C65H61Cl2F6N13O6S2/c1-83(2)12-4-14-85-40-26-88-22-30(40)24-90-55-47-53(51(73)44(49(55)67)33-5-7-37(70)56-42(33)35(17-74)58(76)93-56)80-63(82-60(47)85)92-28-65-11-9-41(86(65)20-32(69)16-65)78-61-36(18-75)43-34(6-8-38(71)57(43)94-61)45-48(66)54-46-52(50(45)72)79-62(81-59(46)77-39-25-87-21-29(39)23-89-54)91-27-64-10-3-13-84(64)19-31(68)15-64/h5-8,29-32,39-41,78H,3-4,9-16,19-28,76H2,1-2H3,(H,77,79,81)/t29?,30?,31-,32-,39?,40?,41?,64+,65+/m1/s1. The van der Waals surface area contributed by atoms with Crippen LogP contribution in [0.3, 0.4) is 0 Å². The van der Waals surface area contributed by atoms with Gasteiger partial charge in [0.15, 0.2) is 23.1 Å². The Balaban J connectivity index is 0.757. The number of aromatic nitrogens is 4. The van der Waals surface area contributed by atoms with E-state index < -0.39 is 52.9 Å². The van der Waals surface area contributed by atoms with Gasteiger partial charge in [-0.15, -0.1) is 22.7 Å². The summed E-state index contributed by atoms with van der Waals surface area (Å²) in [6, 6.07) is 8.43. The third kappa shape index (κ3) is 9.86. The predicted octanol–water partition coefficient (Wildman–Crippen LogP) is 11.9. The molecular weight excluding hydrogens is 1310 g/mol. The second kappa shape index (κ2) is 23.6. The molecule has 16 rings (SSSR count). The van der Waals surface area contributed by atoms with Gasteiger partial charge in [-0.05, 0) is 82.5 Å². The fraction of sp³-hybridized carbons (Fsp3) is 0.477. The number of thiophene rings is 2. The van der Waals surface area contributed by atoms with Crippen molar-refractivity contribution in [2.75, 3.05) is 121 Å². The molecule has 8 aliphatic rings. The Bertz CT molecular complexity index is 4560. The number of nitriles is 2. The van der Waals surface area contributed by atoms with Crippen LogP contribution in [0.5, 0.6) is 23.5 Å². The lowest BCUT2D eigenvalue weighted by Crippen LogP contribution is -2.49. The number of nitrogens with zero attached hydrogens (tertiary/aromatic N) is 10. The molecule has 8 aliphatic heterocycles. The van der Waals surface area contributed by atoms with Gasteiger partial charge in [0, 0.05) is 66.2 Å². The van der Waals surface area contributed by atoms with Crippen LogP contribution in [0.2, 0.25) is 10.0 Å². The lowest BCUT2D eigenvalue weighted by molar-refractivity contribution is 0.0908. The first-order valence-corrected chi connectivity index (χ1v) is 33.8. The van der Waals surface area contributed by atoms with Crippen molar-refractivity contribution in [1.29, 1.82) is 10.5 Å². The summed E-state index contributed by atoms with van der Waals surface area (Å²) in [5, 5.41) is 28.8. The topological polar surface area (TPSA) is 218 Å². The molecule has 19 nitrogen and oxygen atoms in total. The van der Waals surface area contributed by atoms with Crippen molar-refractivity contribution in [3.8, 4) is 57.9 Å². The SMILES string of the molecule is CN(C)CCCN1c2nc(OC[C@@]34CCC(Nc5sc6c(F)ccc(-c7c(Cl)c8c9c(nc(OC[C@@]%10%11CCCN%10C[C@H](F)C%11)nc9c7F)NC7COCC7CO8)c6c5C#N)N3C[C@H](F)C4)nc3c(F)c(-c4ccc(F)c5sc(N)c(C#N)c45)c(Cl)c(c23)OCC2COCC21. The Morgan fingerprint density at radius 3 is 2.11 bits per heavy atom. The summed E-state index contributed by atoms with van der Waals surface area (Å²) in [4.78, 5) is 27.4. The predicted molar refractivity (Wildman–Crippen MR) is 345 cm³/mol. The number of nitrogens with one attached hydrogen (secondary N) is 2. The second-order valence-corrected chi connectivity index (χ2v) is 29.0. The lowest BCUT2D eigenvalue weighted by Gasteiger charge is -2.37. The Kier molecular flexibility index (Phi) is 15.5. The van der Waals surface area contributed by atoms with Crippen molar-refractivity contribution >= 4 is 109 Å². The molecule has 0 radical (unpaired) electrons. The fourth-order valence-corrected chi connectivity index (χ4v) is 18.7. The van der Waals surface area contributed by atoms with Gasteiger partial charge in [-0.25, -0.2) is 26.3 Å². The quantitative estimate of drug-likeness (QED) is 0.0862. The zero-order valence-corrected chi connectivity index (χ0v) is 54.0. The normalized spacial score (nSPS) is 26.4. The van der Waals surface area contributed by atoms with Crippen LogP contribution < -0.4 is 40.2 Å². The number of fused-ring (bicyclic) bond motifs is 6. The first-order chi connectivity index (χ1) is 45.4. The molecular formula is C65H61Cl2F6N13O6S2. The number of hydrogen-bond donors (Lipinski definition) is 3. The number of anilines is 4. The van der Waals surface area contributed by atoms with Gasteiger partial charge in [-0.1, -0.05) is 35.3 Å². The molecule has 6 fully saturated rings. The van der Waals surface area contributed by atoms with E-state index in [9.17, 15) is 14.9 Å². The molecule has 0 saturated carbocycles. The molecule has 29 heteroatoms. The smallest absolute Gasteiger partial charge is 0.319 e. The number of benzene rings is 4. The van der Waals surface area contributed by atoms with Crippen LogP contribution in [0.15, 0.2) is 24.3 Å². The average molecular weight is 1370 g/mol. The monoisotopic (exact) mass is 1370 g/mol. The highest BCUT2D eigenvalue weighted by Crippen LogP contribution is 2.55. The Morgan fingerprint density at radius 2 is 1.38 bits per heavy atom. The van der Waals surface area contributed by atoms with Gasteiger partial charge in [-0.2, -0.15) is 30.5 Å². The number of ether oxygens (including phenoxy) is 6. The van der Waals surface area contributed by atoms with E-state index in [1.165, 1.54) is 18.2 Å². The van der Waals surface area contributed by atoms with Crippen LogP contribution in [-0.4, -0.2) is 176 Å². The van der Waals surface area contributed by atoms with Gasteiger partial charge in [0.25, 0.3) is 0 Å². The van der Waals surface area contributed by atoms with Gasteiger partial charge < -0.3 is 54.6 Å². The minimum atomic E-state index is -1.35. The minimum Gasteiger partial charge on any atom is -0.491 e. The van der Waals surface area contributed by atoms with Crippen LogP contribution in [0.25, 0.3) is 64.2 Å². The number of rotatable bonds is 14. The molecule has 12 heterocycles. The van der Waals surface area contributed by atoms with Crippen molar-refractivity contribution in [2.45, 2.75) is 86.6 Å². The molecule has 5 unspecified atom stereocenters. The Hall–Kier alpha value is -7.18. The maximum atomic E-state index is 18.2. The van der Waals surface area contributed by atoms with Crippen molar-refractivity contribution in [2.24, 2.45) is 11.8 Å². The summed E-state index contributed by atoms with van der Waals surface area (Å²) in [7, 11) is 3.93. The number of halogens is 8. The molecule has 4 aromatic heterocycles. The van der Waals surface area contributed by atoms with Crippen LogP contribution in [0.4, 0.5) is 48.0 Å². The van der Waals surface area contributed by atoms with Crippen LogP contribution in [0, 0.1) is 57.8 Å². The summed E-state index contributed by atoms with van der Waals surface area (Å²) < 4.78 is 138. The van der Waals surface area contributed by atoms with Crippen molar-refractivity contribution in [3.63, 3.8) is 0 Å². The Morgan fingerprint density at radius 1 is 0.755 bits per heavy atom. The van der Waals surface area contributed by atoms with E-state index in [-0.39, 0.29) is 200 Å². The lowest BCUT2D eigenvalue weighted by atomic mass is 9.95. The highest BCUT2D eigenvalue weighted by atomic mass is 35.5. The van der Waals surface area contributed by atoms with E-state index in [1.54, 1.807) is 0 Å². The van der Waals surface area contributed by atoms with E-state index in [0.717, 1.165) is 41.7 Å². The molecule has 6 saturated heterocycles. The molecule has 0 bridgehead atoms. The largest absolute Gasteiger partial charge is 0.491 e. The van der Waals surface area contributed by atoms with Gasteiger partial charge in [-0.3, -0.25) is 9.80 Å². The molecule has 9 atom stereocenters. The van der Waals surface area contributed by atoms with Crippen LogP contribution in [0.1, 0.15) is 56.1 Å². The Labute approximate surface area is 552 Å². The first-order valence-electron chi connectivity index (χ1n) is 31.4.